The largest absolute Gasteiger partial charge is 0.339 e. The molecule has 0 radical (unpaired) electrons. The van der Waals surface area contributed by atoms with Crippen LogP contribution in [0.4, 0.5) is 0 Å². The maximum Gasteiger partial charge on any atom is 0.222 e. The molecule has 0 saturated carbocycles. The molecule has 1 fully saturated rings. The molecule has 1 saturated heterocycles. The van der Waals surface area contributed by atoms with E-state index in [9.17, 15) is 9.59 Å². The summed E-state index contributed by atoms with van der Waals surface area (Å²) in [5.74, 6) is 1.13. The van der Waals surface area contributed by atoms with E-state index in [1.165, 1.54) is 0 Å². The van der Waals surface area contributed by atoms with Crippen LogP contribution in [0.25, 0.3) is 0 Å². The number of amides is 2. The molecule has 1 rings (SSSR count). The number of carbonyl (C=O) groups is 2. The molecule has 5 nitrogen and oxygen atoms in total. The second-order valence-corrected chi connectivity index (χ2v) is 6.65. The smallest absolute Gasteiger partial charge is 0.222 e. The number of carbonyl (C=O) groups excluding carboxylic acids is 2. The Kier molecular flexibility index (Phi) is 9.13. The second-order valence-electron chi connectivity index (χ2n) is 6.65. The van der Waals surface area contributed by atoms with Crippen LogP contribution in [0, 0.1) is 5.92 Å². The van der Waals surface area contributed by atoms with Gasteiger partial charge in [-0.3, -0.25) is 9.59 Å². The molecule has 0 aromatic heterocycles. The molecule has 2 amide bonds. The molecule has 0 aliphatic carbocycles. The molecule has 0 unspecified atom stereocenters. The second kappa shape index (κ2) is 10.6. The van der Waals surface area contributed by atoms with Crippen LogP contribution in [0.2, 0.25) is 0 Å². The number of unbranched alkanes of at least 4 members (excludes halogenated alkanes) is 2. The molecule has 1 aliphatic rings. The summed E-state index contributed by atoms with van der Waals surface area (Å²) in [6.07, 6.45) is 6.27. The van der Waals surface area contributed by atoms with Gasteiger partial charge in [-0.15, -0.1) is 0 Å². The van der Waals surface area contributed by atoms with Crippen LogP contribution in [0.5, 0.6) is 0 Å². The van der Waals surface area contributed by atoms with E-state index in [0.717, 1.165) is 32.1 Å². The topological polar surface area (TPSA) is 66.6 Å². The van der Waals surface area contributed by atoms with Crippen molar-refractivity contribution in [2.24, 2.45) is 11.7 Å². The summed E-state index contributed by atoms with van der Waals surface area (Å²) in [5, 5.41) is 0. The van der Waals surface area contributed by atoms with Gasteiger partial charge in [0.25, 0.3) is 0 Å². The summed E-state index contributed by atoms with van der Waals surface area (Å²) in [6, 6.07) is 0. The predicted octanol–water partition coefficient (Wildman–Crippen LogP) is 2.00. The first-order valence-electron chi connectivity index (χ1n) is 8.80. The highest BCUT2D eigenvalue weighted by atomic mass is 16.2. The summed E-state index contributed by atoms with van der Waals surface area (Å²) in [6.45, 7) is 7.82. The summed E-state index contributed by atoms with van der Waals surface area (Å²) in [5.41, 5.74) is 5.45. The van der Waals surface area contributed by atoms with Crippen molar-refractivity contribution in [3.63, 3.8) is 0 Å². The lowest BCUT2D eigenvalue weighted by Gasteiger charge is -2.35. The zero-order chi connectivity index (χ0) is 16.4. The molecule has 2 N–H and O–H groups in total. The SMILES string of the molecule is CC(C)CCCC(=O)N1CCN(C(=O)CCCCCN)CC1. The van der Waals surface area contributed by atoms with E-state index in [4.69, 9.17) is 5.73 Å². The lowest BCUT2D eigenvalue weighted by molar-refractivity contribution is -0.139. The van der Waals surface area contributed by atoms with Crippen LogP contribution in [0.15, 0.2) is 0 Å². The van der Waals surface area contributed by atoms with Gasteiger partial charge in [0.1, 0.15) is 0 Å². The van der Waals surface area contributed by atoms with Crippen LogP contribution in [0.3, 0.4) is 0 Å². The average Bonchev–Trinajstić information content (AvgIpc) is 2.51. The van der Waals surface area contributed by atoms with Gasteiger partial charge in [-0.05, 0) is 31.7 Å². The third-order valence-corrected chi connectivity index (χ3v) is 4.25. The maximum atomic E-state index is 12.1. The van der Waals surface area contributed by atoms with Crippen LogP contribution < -0.4 is 5.73 Å². The summed E-state index contributed by atoms with van der Waals surface area (Å²) in [7, 11) is 0. The van der Waals surface area contributed by atoms with Gasteiger partial charge in [-0.25, -0.2) is 0 Å². The minimum Gasteiger partial charge on any atom is -0.339 e. The Bertz CT molecular complexity index is 337. The lowest BCUT2D eigenvalue weighted by atomic mass is 10.1. The summed E-state index contributed by atoms with van der Waals surface area (Å²) in [4.78, 5) is 28.0. The van der Waals surface area contributed by atoms with Crippen molar-refractivity contribution in [1.29, 1.82) is 0 Å². The van der Waals surface area contributed by atoms with Crippen molar-refractivity contribution >= 4 is 11.8 Å². The Balaban J connectivity index is 2.19. The maximum absolute atomic E-state index is 12.1. The first-order chi connectivity index (χ1) is 10.5. The summed E-state index contributed by atoms with van der Waals surface area (Å²) >= 11 is 0. The van der Waals surface area contributed by atoms with Gasteiger partial charge in [0.05, 0.1) is 0 Å². The molecule has 0 spiro atoms. The van der Waals surface area contributed by atoms with Crippen molar-refractivity contribution < 1.29 is 9.59 Å². The van der Waals surface area contributed by atoms with Gasteiger partial charge >= 0.3 is 0 Å². The molecule has 0 bridgehead atoms. The van der Waals surface area contributed by atoms with Gasteiger partial charge in [0, 0.05) is 39.0 Å². The van der Waals surface area contributed by atoms with E-state index in [1.807, 2.05) is 9.80 Å². The lowest BCUT2D eigenvalue weighted by Crippen LogP contribution is -2.50. The van der Waals surface area contributed by atoms with Gasteiger partial charge in [0.2, 0.25) is 11.8 Å². The minimum absolute atomic E-state index is 0.226. The zero-order valence-electron chi connectivity index (χ0n) is 14.4. The van der Waals surface area contributed by atoms with Crippen molar-refractivity contribution in [1.82, 2.24) is 9.80 Å². The van der Waals surface area contributed by atoms with Crippen LogP contribution in [0.1, 0.15) is 58.8 Å². The first-order valence-corrected chi connectivity index (χ1v) is 8.80. The number of nitrogens with two attached hydrogens (primary N) is 1. The van der Waals surface area contributed by atoms with E-state index < -0.39 is 0 Å². The molecule has 5 heteroatoms. The van der Waals surface area contributed by atoms with Gasteiger partial charge in [-0.2, -0.15) is 0 Å². The van der Waals surface area contributed by atoms with Crippen LogP contribution in [-0.4, -0.2) is 54.3 Å². The molecule has 0 atom stereocenters. The Hall–Kier alpha value is -1.10. The normalized spacial score (nSPS) is 15.5. The summed E-state index contributed by atoms with van der Waals surface area (Å²) < 4.78 is 0. The Morgan fingerprint density at radius 2 is 1.36 bits per heavy atom. The van der Waals surface area contributed by atoms with Gasteiger partial charge in [0.15, 0.2) is 0 Å². The molecule has 22 heavy (non-hydrogen) atoms. The molecule has 128 valence electrons. The van der Waals surface area contributed by atoms with Crippen molar-refractivity contribution in [2.45, 2.75) is 58.8 Å². The number of hydrogen-bond donors (Lipinski definition) is 1. The zero-order valence-corrected chi connectivity index (χ0v) is 14.4. The van der Waals surface area contributed by atoms with Gasteiger partial charge < -0.3 is 15.5 Å². The van der Waals surface area contributed by atoms with E-state index in [1.54, 1.807) is 0 Å². The highest BCUT2D eigenvalue weighted by Gasteiger charge is 2.23. The minimum atomic E-state index is 0.226. The quantitative estimate of drug-likeness (QED) is 0.662. The number of rotatable bonds is 9. The molecular formula is C17H33N3O2. The monoisotopic (exact) mass is 311 g/mol. The van der Waals surface area contributed by atoms with Gasteiger partial charge in [-0.1, -0.05) is 26.7 Å². The Labute approximate surface area is 135 Å². The van der Waals surface area contributed by atoms with Crippen LogP contribution in [-0.2, 0) is 9.59 Å². The third kappa shape index (κ3) is 7.25. The van der Waals surface area contributed by atoms with E-state index in [-0.39, 0.29) is 11.8 Å². The number of hydrogen-bond acceptors (Lipinski definition) is 3. The highest BCUT2D eigenvalue weighted by Crippen LogP contribution is 2.11. The Morgan fingerprint density at radius 3 is 1.82 bits per heavy atom. The van der Waals surface area contributed by atoms with Crippen molar-refractivity contribution in [3.05, 3.63) is 0 Å². The number of nitrogens with zero attached hydrogens (tertiary/aromatic N) is 2. The Morgan fingerprint density at radius 1 is 0.864 bits per heavy atom. The fraction of sp³-hybridized carbons (Fsp3) is 0.882. The average molecular weight is 311 g/mol. The van der Waals surface area contributed by atoms with Crippen LogP contribution >= 0.6 is 0 Å². The van der Waals surface area contributed by atoms with E-state index >= 15 is 0 Å². The molecule has 0 aromatic carbocycles. The molecular weight excluding hydrogens is 278 g/mol. The number of piperazine rings is 1. The van der Waals surface area contributed by atoms with E-state index in [0.29, 0.717) is 51.5 Å². The third-order valence-electron chi connectivity index (χ3n) is 4.25. The predicted molar refractivity (Wildman–Crippen MR) is 89.4 cm³/mol. The molecule has 1 aliphatic heterocycles. The fourth-order valence-corrected chi connectivity index (χ4v) is 2.78. The highest BCUT2D eigenvalue weighted by molar-refractivity contribution is 5.78. The van der Waals surface area contributed by atoms with Crippen molar-refractivity contribution in [2.75, 3.05) is 32.7 Å². The molecule has 1 heterocycles. The van der Waals surface area contributed by atoms with E-state index in [2.05, 4.69) is 13.8 Å². The van der Waals surface area contributed by atoms with Crippen molar-refractivity contribution in [3.8, 4) is 0 Å². The standard InChI is InChI=1S/C17H33N3O2/c1-15(2)7-6-9-17(22)20-13-11-19(12-14-20)16(21)8-4-3-5-10-18/h15H,3-14,18H2,1-2H3. The first kappa shape index (κ1) is 18.9. The molecule has 0 aromatic rings. The fourth-order valence-electron chi connectivity index (χ4n) is 2.78.